The normalized spacial score (nSPS) is 15.2. The van der Waals surface area contributed by atoms with Crippen LogP contribution in [0.2, 0.25) is 10.0 Å². The van der Waals surface area contributed by atoms with Gasteiger partial charge in [-0.15, -0.1) is 0 Å². The van der Waals surface area contributed by atoms with Gasteiger partial charge < -0.3 is 5.32 Å². The number of amides is 1. The summed E-state index contributed by atoms with van der Waals surface area (Å²) < 4.78 is 3.28. The van der Waals surface area contributed by atoms with E-state index in [2.05, 4.69) is 10.4 Å². The molecule has 2 aromatic carbocycles. The summed E-state index contributed by atoms with van der Waals surface area (Å²) >= 11 is 13.6. The highest BCUT2D eigenvalue weighted by Gasteiger charge is 2.30. The number of benzene rings is 2. The summed E-state index contributed by atoms with van der Waals surface area (Å²) in [5.41, 5.74) is 2.65. The zero-order chi connectivity index (χ0) is 22.4. The molecule has 0 spiro atoms. The van der Waals surface area contributed by atoms with Gasteiger partial charge in [-0.05, 0) is 36.8 Å². The predicted molar refractivity (Wildman–Crippen MR) is 127 cm³/mol. The van der Waals surface area contributed by atoms with Crippen LogP contribution in [0.1, 0.15) is 18.0 Å². The number of rotatable bonds is 4. The molecule has 0 fully saturated rings. The van der Waals surface area contributed by atoms with Crippen molar-refractivity contribution in [1.82, 2.24) is 19.3 Å². The summed E-state index contributed by atoms with van der Waals surface area (Å²) in [5.74, 6) is 0.318. The van der Waals surface area contributed by atoms with Gasteiger partial charge in [0.15, 0.2) is 10.8 Å². The van der Waals surface area contributed by atoms with E-state index in [1.54, 1.807) is 27.4 Å². The van der Waals surface area contributed by atoms with Gasteiger partial charge in [0.25, 0.3) is 5.56 Å². The zero-order valence-corrected chi connectivity index (χ0v) is 19.2. The molecule has 162 valence electrons. The van der Waals surface area contributed by atoms with Crippen LogP contribution in [0.25, 0.3) is 16.7 Å². The number of halogens is 2. The van der Waals surface area contributed by atoms with Gasteiger partial charge in [-0.1, -0.05) is 53.2 Å². The summed E-state index contributed by atoms with van der Waals surface area (Å²) in [6, 6.07) is 12.3. The van der Waals surface area contributed by atoms with E-state index in [-0.39, 0.29) is 23.9 Å². The average molecular weight is 486 g/mol. The van der Waals surface area contributed by atoms with Gasteiger partial charge in [0, 0.05) is 17.2 Å². The van der Waals surface area contributed by atoms with Crippen molar-refractivity contribution in [2.45, 2.75) is 24.5 Å². The molecular formula is C22H17Cl2N5O2S. The van der Waals surface area contributed by atoms with E-state index in [0.29, 0.717) is 37.7 Å². The summed E-state index contributed by atoms with van der Waals surface area (Å²) in [6.07, 6.45) is 1.65. The highest BCUT2D eigenvalue weighted by atomic mass is 35.5. The molecule has 1 atom stereocenters. The van der Waals surface area contributed by atoms with E-state index in [9.17, 15) is 9.59 Å². The monoisotopic (exact) mass is 485 g/mol. The molecule has 3 heterocycles. The molecule has 10 heteroatoms. The van der Waals surface area contributed by atoms with Gasteiger partial charge >= 0.3 is 0 Å². The number of nitrogens with one attached hydrogen (secondary N) is 1. The summed E-state index contributed by atoms with van der Waals surface area (Å²) in [5, 5.41) is 9.06. The van der Waals surface area contributed by atoms with Crippen LogP contribution in [0.15, 0.2) is 58.6 Å². The Hall–Kier alpha value is -2.81. The Morgan fingerprint density at radius 1 is 1.25 bits per heavy atom. The fourth-order valence-corrected chi connectivity index (χ4v) is 5.23. The first-order valence-corrected chi connectivity index (χ1v) is 11.6. The quantitative estimate of drug-likeness (QED) is 0.416. The largest absolute Gasteiger partial charge is 0.325 e. The van der Waals surface area contributed by atoms with Crippen molar-refractivity contribution in [3.63, 3.8) is 0 Å². The van der Waals surface area contributed by atoms with Crippen LogP contribution < -0.4 is 10.9 Å². The Morgan fingerprint density at radius 2 is 2.06 bits per heavy atom. The minimum absolute atomic E-state index is 0.113. The molecular weight excluding hydrogens is 469 g/mol. The van der Waals surface area contributed by atoms with Crippen LogP contribution in [0.4, 0.5) is 5.69 Å². The smallest absolute Gasteiger partial charge is 0.265 e. The fraction of sp³-hybridized carbons (Fsp3) is 0.182. The maximum Gasteiger partial charge on any atom is 0.265 e. The number of nitrogens with zero attached hydrogens (tertiary/aromatic N) is 4. The average Bonchev–Trinajstić information content (AvgIpc) is 3.36. The molecule has 1 aliphatic rings. The summed E-state index contributed by atoms with van der Waals surface area (Å²) in [4.78, 5) is 30.7. The second-order valence-electron chi connectivity index (χ2n) is 7.49. The molecule has 1 aliphatic heterocycles. The van der Waals surface area contributed by atoms with Crippen molar-refractivity contribution in [3.05, 3.63) is 74.6 Å². The van der Waals surface area contributed by atoms with Crippen molar-refractivity contribution in [1.29, 1.82) is 0 Å². The molecule has 1 amide bonds. The molecule has 0 bridgehead atoms. The Morgan fingerprint density at radius 3 is 2.88 bits per heavy atom. The number of anilines is 1. The molecule has 1 unspecified atom stereocenters. The van der Waals surface area contributed by atoms with E-state index in [0.717, 1.165) is 11.3 Å². The Bertz CT molecular complexity index is 1430. The van der Waals surface area contributed by atoms with Crippen LogP contribution in [0, 0.1) is 6.92 Å². The van der Waals surface area contributed by atoms with Crippen LogP contribution in [0.3, 0.4) is 0 Å². The third kappa shape index (κ3) is 3.68. The number of carbonyl (C=O) groups excluding carboxylic acids is 1. The minimum Gasteiger partial charge on any atom is -0.325 e. The lowest BCUT2D eigenvalue weighted by Crippen LogP contribution is -2.27. The van der Waals surface area contributed by atoms with Gasteiger partial charge in [-0.25, -0.2) is 9.67 Å². The number of carbonyl (C=O) groups is 1. The Kier molecular flexibility index (Phi) is 5.44. The summed E-state index contributed by atoms with van der Waals surface area (Å²) in [6.45, 7) is 1.98. The van der Waals surface area contributed by atoms with E-state index in [1.807, 2.05) is 31.2 Å². The maximum absolute atomic E-state index is 13.3. The molecule has 1 N–H and O–H groups in total. The molecule has 0 saturated heterocycles. The van der Waals surface area contributed by atoms with Crippen LogP contribution in [-0.2, 0) is 4.79 Å². The van der Waals surface area contributed by atoms with Gasteiger partial charge in [0.2, 0.25) is 5.91 Å². The second kappa shape index (κ2) is 8.27. The molecule has 32 heavy (non-hydrogen) atoms. The third-order valence-corrected chi connectivity index (χ3v) is 7.00. The van der Waals surface area contributed by atoms with Gasteiger partial charge in [-0.3, -0.25) is 14.2 Å². The van der Waals surface area contributed by atoms with Crippen molar-refractivity contribution in [2.24, 2.45) is 0 Å². The number of hydrogen-bond donors (Lipinski definition) is 1. The van der Waals surface area contributed by atoms with Crippen LogP contribution in [-0.4, -0.2) is 31.0 Å². The van der Waals surface area contributed by atoms with Crippen LogP contribution in [0.5, 0.6) is 0 Å². The molecule has 0 saturated carbocycles. The third-order valence-electron chi connectivity index (χ3n) is 5.34. The van der Waals surface area contributed by atoms with Crippen molar-refractivity contribution in [2.75, 3.05) is 11.1 Å². The lowest BCUT2D eigenvalue weighted by atomic mass is 10.2. The van der Waals surface area contributed by atoms with Gasteiger partial charge in [0.05, 0.1) is 28.6 Å². The number of para-hydroxylation sites is 1. The van der Waals surface area contributed by atoms with Crippen molar-refractivity contribution < 1.29 is 4.79 Å². The molecule has 2 aromatic heterocycles. The molecule has 0 aliphatic carbocycles. The Balaban J connectivity index is 1.46. The van der Waals surface area contributed by atoms with Gasteiger partial charge in [0.1, 0.15) is 5.39 Å². The summed E-state index contributed by atoms with van der Waals surface area (Å²) in [7, 11) is 0. The Labute approximate surface area is 197 Å². The van der Waals surface area contributed by atoms with Gasteiger partial charge in [-0.2, -0.15) is 5.10 Å². The number of thioether (sulfide) groups is 1. The van der Waals surface area contributed by atoms with E-state index in [4.69, 9.17) is 28.2 Å². The standard InChI is InChI=1S/C22H17Cl2N5O2S/c1-12-4-2-3-5-18(12)29-20-15(10-25-29)21(31)28-14(11-32-22(28)27-20)9-19(30)26-17-8-13(23)6-7-16(17)24/h2-8,10,14H,9,11H2,1H3,(H,26,30). The van der Waals surface area contributed by atoms with E-state index >= 15 is 0 Å². The fourth-order valence-electron chi connectivity index (χ4n) is 3.77. The zero-order valence-electron chi connectivity index (χ0n) is 16.9. The number of fused-ring (bicyclic) bond motifs is 2. The van der Waals surface area contributed by atoms with E-state index in [1.165, 1.54) is 18.0 Å². The maximum atomic E-state index is 13.3. The molecule has 7 nitrogen and oxygen atoms in total. The molecule has 5 rings (SSSR count). The SMILES string of the molecule is Cc1ccccc1-n1ncc2c(=O)n3c(nc21)SCC3CC(=O)Nc1cc(Cl)ccc1Cl. The highest BCUT2D eigenvalue weighted by Crippen LogP contribution is 2.34. The lowest BCUT2D eigenvalue weighted by Gasteiger charge is -2.14. The minimum atomic E-state index is -0.320. The number of aryl methyl sites for hydroxylation is 1. The van der Waals surface area contributed by atoms with E-state index < -0.39 is 0 Å². The molecule has 0 radical (unpaired) electrons. The van der Waals surface area contributed by atoms with Crippen molar-refractivity contribution in [3.8, 4) is 5.69 Å². The molecule has 4 aromatic rings. The predicted octanol–water partition coefficient (Wildman–Crippen LogP) is 4.87. The first-order chi connectivity index (χ1) is 15.4. The second-order valence-corrected chi connectivity index (χ2v) is 9.32. The lowest BCUT2D eigenvalue weighted by molar-refractivity contribution is -0.116. The first kappa shape index (κ1) is 21.1. The number of aromatic nitrogens is 4. The highest BCUT2D eigenvalue weighted by molar-refractivity contribution is 7.99. The number of hydrogen-bond acceptors (Lipinski definition) is 5. The first-order valence-electron chi connectivity index (χ1n) is 9.86. The topological polar surface area (TPSA) is 81.8 Å². The van der Waals surface area contributed by atoms with Crippen LogP contribution >= 0.6 is 35.0 Å². The van der Waals surface area contributed by atoms with Crippen molar-refractivity contribution >= 4 is 57.6 Å².